The van der Waals surface area contributed by atoms with Crippen molar-refractivity contribution in [2.24, 2.45) is 0 Å². The first-order valence-corrected chi connectivity index (χ1v) is 6.48. The van der Waals surface area contributed by atoms with Gasteiger partial charge in [0.1, 0.15) is 0 Å². The van der Waals surface area contributed by atoms with Gasteiger partial charge < -0.3 is 4.90 Å². The summed E-state index contributed by atoms with van der Waals surface area (Å²) in [4.78, 5) is 13.6. The van der Waals surface area contributed by atoms with Gasteiger partial charge in [0.05, 0.1) is 10.2 Å². The molecule has 0 spiro atoms. The Bertz CT molecular complexity index is 418. The first kappa shape index (κ1) is 11.8. The Balaban J connectivity index is 2.08. The molecule has 0 bridgehead atoms. The van der Waals surface area contributed by atoms with Gasteiger partial charge in [0.25, 0.3) is 5.56 Å². The second-order valence-electron chi connectivity index (χ2n) is 4.17. The fourth-order valence-electron chi connectivity index (χ4n) is 2.31. The molecule has 1 atom stereocenters. The predicted octanol–water partition coefficient (Wildman–Crippen LogP) is 1.56. The van der Waals surface area contributed by atoms with Crippen molar-refractivity contribution in [3.63, 3.8) is 0 Å². The third kappa shape index (κ3) is 2.52. The zero-order chi connectivity index (χ0) is 11.5. The van der Waals surface area contributed by atoms with Gasteiger partial charge in [-0.2, -0.15) is 5.10 Å². The number of aromatic amines is 1. The van der Waals surface area contributed by atoms with Crippen LogP contribution in [0.25, 0.3) is 0 Å². The number of nitrogens with zero attached hydrogens (tertiary/aromatic N) is 2. The summed E-state index contributed by atoms with van der Waals surface area (Å²) in [6.45, 7) is 4.47. The van der Waals surface area contributed by atoms with Crippen LogP contribution < -0.4 is 5.56 Å². The molecule has 1 aromatic rings. The highest BCUT2D eigenvalue weighted by atomic mass is 79.9. The number of likely N-dealkylation sites (tertiary alicyclic amines) is 1. The maximum Gasteiger partial charge on any atom is 0.278 e. The van der Waals surface area contributed by atoms with E-state index in [4.69, 9.17) is 0 Å². The van der Waals surface area contributed by atoms with Gasteiger partial charge in [-0.25, -0.2) is 5.10 Å². The lowest BCUT2D eigenvalue weighted by Gasteiger charge is -2.22. The smallest absolute Gasteiger partial charge is 0.278 e. The highest BCUT2D eigenvalue weighted by Gasteiger charge is 2.23. The van der Waals surface area contributed by atoms with Crippen molar-refractivity contribution >= 4 is 15.9 Å². The molecule has 88 valence electrons. The monoisotopic (exact) mass is 285 g/mol. The zero-order valence-corrected chi connectivity index (χ0v) is 11.0. The lowest BCUT2D eigenvalue weighted by molar-refractivity contribution is 0.264. The Kier molecular flexibility index (Phi) is 3.76. The Morgan fingerprint density at radius 3 is 3.19 bits per heavy atom. The first-order chi connectivity index (χ1) is 7.70. The van der Waals surface area contributed by atoms with Gasteiger partial charge in [-0.3, -0.25) is 4.79 Å². The summed E-state index contributed by atoms with van der Waals surface area (Å²) >= 11 is 3.23. The highest BCUT2D eigenvalue weighted by Crippen LogP contribution is 2.20. The Morgan fingerprint density at radius 2 is 2.50 bits per heavy atom. The number of H-pyrrole nitrogens is 1. The van der Waals surface area contributed by atoms with Gasteiger partial charge in [-0.1, -0.05) is 6.92 Å². The van der Waals surface area contributed by atoms with Crippen LogP contribution in [0.5, 0.6) is 0 Å². The molecule has 1 aliphatic rings. The maximum atomic E-state index is 11.2. The number of likely N-dealkylation sites (N-methyl/N-ethyl adjacent to an activating group) is 1. The molecule has 2 rings (SSSR count). The summed E-state index contributed by atoms with van der Waals surface area (Å²) in [5, 5.41) is 6.58. The van der Waals surface area contributed by atoms with Crippen LogP contribution in [0.4, 0.5) is 0 Å². The SMILES string of the molecule is CCN1CCCC1Cc1cc(Br)c(=O)[nH]n1. The van der Waals surface area contributed by atoms with E-state index in [1.165, 1.54) is 19.4 Å². The van der Waals surface area contributed by atoms with Gasteiger partial charge in [-0.15, -0.1) is 0 Å². The van der Waals surface area contributed by atoms with Crippen molar-refractivity contribution in [2.75, 3.05) is 13.1 Å². The van der Waals surface area contributed by atoms with Crippen LogP contribution in [0, 0.1) is 0 Å². The summed E-state index contributed by atoms with van der Waals surface area (Å²) in [6, 6.07) is 2.40. The molecular formula is C11H16BrN3O. The first-order valence-electron chi connectivity index (χ1n) is 5.69. The molecule has 1 aliphatic heterocycles. The third-order valence-corrected chi connectivity index (χ3v) is 3.75. The van der Waals surface area contributed by atoms with Crippen LogP contribution in [0.15, 0.2) is 15.3 Å². The molecule has 1 fully saturated rings. The van der Waals surface area contributed by atoms with Crippen LogP contribution in [0.2, 0.25) is 0 Å². The number of nitrogens with one attached hydrogen (secondary N) is 1. The molecule has 1 saturated heterocycles. The summed E-state index contributed by atoms with van der Waals surface area (Å²) in [5.74, 6) is 0. The summed E-state index contributed by atoms with van der Waals surface area (Å²) < 4.78 is 0.568. The second kappa shape index (κ2) is 5.10. The number of hydrogen-bond donors (Lipinski definition) is 1. The van der Waals surface area contributed by atoms with Crippen LogP contribution in [-0.4, -0.2) is 34.2 Å². The molecular weight excluding hydrogens is 270 g/mol. The topological polar surface area (TPSA) is 49.0 Å². The second-order valence-corrected chi connectivity index (χ2v) is 5.02. The number of aromatic nitrogens is 2. The normalized spacial score (nSPS) is 21.5. The molecule has 0 amide bonds. The zero-order valence-electron chi connectivity index (χ0n) is 9.37. The molecule has 1 unspecified atom stereocenters. The Hall–Kier alpha value is -0.680. The largest absolute Gasteiger partial charge is 0.300 e. The van der Waals surface area contributed by atoms with E-state index in [9.17, 15) is 4.79 Å². The van der Waals surface area contributed by atoms with Crippen LogP contribution in [0.1, 0.15) is 25.5 Å². The molecule has 0 aliphatic carbocycles. The summed E-state index contributed by atoms with van der Waals surface area (Å²) in [7, 11) is 0. The van der Waals surface area contributed by atoms with Crippen molar-refractivity contribution in [1.29, 1.82) is 0 Å². The van der Waals surface area contributed by atoms with Crippen molar-refractivity contribution in [3.8, 4) is 0 Å². The lowest BCUT2D eigenvalue weighted by Crippen LogP contribution is -2.31. The average Bonchev–Trinajstić information content (AvgIpc) is 2.71. The van der Waals surface area contributed by atoms with Gasteiger partial charge in [-0.05, 0) is 47.9 Å². The van der Waals surface area contributed by atoms with E-state index in [0.29, 0.717) is 10.5 Å². The van der Waals surface area contributed by atoms with Crippen molar-refractivity contribution < 1.29 is 0 Å². The minimum Gasteiger partial charge on any atom is -0.300 e. The Morgan fingerprint density at radius 1 is 1.69 bits per heavy atom. The van der Waals surface area contributed by atoms with Gasteiger partial charge >= 0.3 is 0 Å². The minimum absolute atomic E-state index is 0.164. The number of halogens is 1. The molecule has 1 aromatic heterocycles. The summed E-state index contributed by atoms with van der Waals surface area (Å²) in [6.07, 6.45) is 3.42. The number of hydrogen-bond acceptors (Lipinski definition) is 3. The molecule has 0 radical (unpaired) electrons. The van der Waals surface area contributed by atoms with E-state index < -0.39 is 0 Å². The standard InChI is InChI=1S/C11H16BrN3O/c1-2-15-5-3-4-9(15)6-8-7-10(12)11(16)14-13-8/h7,9H,2-6H2,1H3,(H,14,16). The highest BCUT2D eigenvalue weighted by molar-refractivity contribution is 9.10. The lowest BCUT2D eigenvalue weighted by atomic mass is 10.1. The van der Waals surface area contributed by atoms with Gasteiger partial charge in [0.15, 0.2) is 0 Å². The van der Waals surface area contributed by atoms with E-state index in [0.717, 1.165) is 18.7 Å². The van der Waals surface area contributed by atoms with Crippen LogP contribution in [0.3, 0.4) is 0 Å². The van der Waals surface area contributed by atoms with Crippen molar-refractivity contribution in [3.05, 3.63) is 26.6 Å². The third-order valence-electron chi connectivity index (χ3n) is 3.16. The molecule has 4 nitrogen and oxygen atoms in total. The molecule has 5 heteroatoms. The predicted molar refractivity (Wildman–Crippen MR) is 66.5 cm³/mol. The van der Waals surface area contributed by atoms with Crippen molar-refractivity contribution in [1.82, 2.24) is 15.1 Å². The summed E-state index contributed by atoms with van der Waals surface area (Å²) in [5.41, 5.74) is 0.791. The molecule has 1 N–H and O–H groups in total. The number of rotatable bonds is 3. The van der Waals surface area contributed by atoms with Crippen molar-refractivity contribution in [2.45, 2.75) is 32.2 Å². The van der Waals surface area contributed by atoms with Gasteiger partial charge in [0.2, 0.25) is 0 Å². The fraction of sp³-hybridized carbons (Fsp3) is 0.636. The van der Waals surface area contributed by atoms with Crippen LogP contribution in [-0.2, 0) is 6.42 Å². The van der Waals surface area contributed by atoms with Crippen LogP contribution >= 0.6 is 15.9 Å². The molecule has 0 saturated carbocycles. The fourth-order valence-corrected chi connectivity index (χ4v) is 2.66. The van der Waals surface area contributed by atoms with Gasteiger partial charge in [0, 0.05) is 12.5 Å². The van der Waals surface area contributed by atoms with E-state index >= 15 is 0 Å². The van der Waals surface area contributed by atoms with E-state index in [1.807, 2.05) is 6.07 Å². The quantitative estimate of drug-likeness (QED) is 0.917. The minimum atomic E-state index is -0.164. The molecule has 16 heavy (non-hydrogen) atoms. The average molecular weight is 286 g/mol. The molecule has 2 heterocycles. The maximum absolute atomic E-state index is 11.2. The van der Waals surface area contributed by atoms with E-state index in [-0.39, 0.29) is 5.56 Å². The Labute approximate surface area is 103 Å². The van der Waals surface area contributed by atoms with E-state index in [2.05, 4.69) is 38.0 Å². The molecule has 0 aromatic carbocycles. The van der Waals surface area contributed by atoms with E-state index in [1.54, 1.807) is 0 Å².